The van der Waals surface area contributed by atoms with Gasteiger partial charge in [-0.05, 0) is 67.5 Å². The highest BCUT2D eigenvalue weighted by molar-refractivity contribution is 7.82. The highest BCUT2D eigenvalue weighted by atomic mass is 32.2. The average Bonchev–Trinajstić information content (AvgIpc) is 2.78. The van der Waals surface area contributed by atoms with Crippen LogP contribution in [0.5, 0.6) is 11.5 Å². The van der Waals surface area contributed by atoms with Crippen molar-refractivity contribution < 1.29 is 13.7 Å². The zero-order chi connectivity index (χ0) is 21.1. The van der Waals surface area contributed by atoms with Crippen molar-refractivity contribution in [1.29, 1.82) is 0 Å². The fourth-order valence-electron chi connectivity index (χ4n) is 4.52. The summed E-state index contributed by atoms with van der Waals surface area (Å²) in [5.74, 6) is 2.29. The lowest BCUT2D eigenvalue weighted by atomic mass is 9.94. The SMILES string of the molecule is COc1cc2c(cc1OC)CN(CC1CCN(S(=O)c3ccc(C)cc3)CC1)CC2. The van der Waals surface area contributed by atoms with Crippen molar-refractivity contribution in [3.8, 4) is 11.5 Å². The number of methoxy groups -OCH3 is 2. The smallest absolute Gasteiger partial charge is 0.161 e. The summed E-state index contributed by atoms with van der Waals surface area (Å²) in [6.45, 7) is 7.02. The largest absolute Gasteiger partial charge is 0.493 e. The summed E-state index contributed by atoms with van der Waals surface area (Å²) in [6, 6.07) is 12.3. The number of rotatable bonds is 6. The molecule has 0 aliphatic carbocycles. The number of ether oxygens (including phenoxy) is 2. The minimum Gasteiger partial charge on any atom is -0.493 e. The van der Waals surface area contributed by atoms with Gasteiger partial charge < -0.3 is 9.47 Å². The number of aryl methyl sites for hydroxylation is 1. The molecule has 1 atom stereocenters. The van der Waals surface area contributed by atoms with Gasteiger partial charge in [-0.2, -0.15) is 0 Å². The molecule has 0 N–H and O–H groups in total. The van der Waals surface area contributed by atoms with E-state index in [1.807, 2.05) is 24.3 Å². The molecule has 1 fully saturated rings. The molecule has 1 saturated heterocycles. The summed E-state index contributed by atoms with van der Waals surface area (Å²) in [5, 5.41) is 0. The maximum absolute atomic E-state index is 12.9. The Morgan fingerprint density at radius 3 is 2.23 bits per heavy atom. The van der Waals surface area contributed by atoms with E-state index >= 15 is 0 Å². The van der Waals surface area contributed by atoms with Crippen LogP contribution in [0.2, 0.25) is 0 Å². The van der Waals surface area contributed by atoms with Gasteiger partial charge in [0.15, 0.2) is 11.5 Å². The quantitative estimate of drug-likeness (QED) is 0.702. The van der Waals surface area contributed by atoms with Gasteiger partial charge in [-0.3, -0.25) is 4.90 Å². The Labute approximate surface area is 182 Å². The summed E-state index contributed by atoms with van der Waals surface area (Å²) in [6.07, 6.45) is 3.26. The molecule has 0 radical (unpaired) electrons. The van der Waals surface area contributed by atoms with E-state index in [-0.39, 0.29) is 0 Å². The summed E-state index contributed by atoms with van der Waals surface area (Å²) < 4.78 is 25.9. The highest BCUT2D eigenvalue weighted by Crippen LogP contribution is 2.34. The van der Waals surface area contributed by atoms with Crippen LogP contribution in [0, 0.1) is 12.8 Å². The van der Waals surface area contributed by atoms with E-state index < -0.39 is 11.0 Å². The van der Waals surface area contributed by atoms with E-state index in [1.165, 1.54) is 16.7 Å². The Morgan fingerprint density at radius 1 is 0.967 bits per heavy atom. The Kier molecular flexibility index (Phi) is 6.76. The first-order chi connectivity index (χ1) is 14.6. The van der Waals surface area contributed by atoms with Crippen LogP contribution in [-0.4, -0.2) is 53.8 Å². The van der Waals surface area contributed by atoms with Crippen LogP contribution >= 0.6 is 0 Å². The predicted molar refractivity (Wildman–Crippen MR) is 120 cm³/mol. The topological polar surface area (TPSA) is 42.0 Å². The van der Waals surface area contributed by atoms with Crippen molar-refractivity contribution >= 4 is 11.0 Å². The number of hydrogen-bond acceptors (Lipinski definition) is 4. The van der Waals surface area contributed by atoms with E-state index in [2.05, 4.69) is 28.3 Å². The molecule has 30 heavy (non-hydrogen) atoms. The maximum Gasteiger partial charge on any atom is 0.161 e. The molecule has 2 aromatic rings. The molecule has 4 rings (SSSR count). The summed E-state index contributed by atoms with van der Waals surface area (Å²) in [7, 11) is 2.34. The lowest BCUT2D eigenvalue weighted by molar-refractivity contribution is 0.173. The fourth-order valence-corrected chi connectivity index (χ4v) is 5.73. The number of piperidine rings is 1. The van der Waals surface area contributed by atoms with Gasteiger partial charge in [-0.15, -0.1) is 0 Å². The minimum atomic E-state index is -1.04. The molecule has 0 spiro atoms. The fraction of sp³-hybridized carbons (Fsp3) is 0.500. The van der Waals surface area contributed by atoms with Crippen LogP contribution in [-0.2, 0) is 24.0 Å². The molecular weight excluding hydrogens is 396 g/mol. The molecule has 1 unspecified atom stereocenters. The number of fused-ring (bicyclic) bond motifs is 1. The van der Waals surface area contributed by atoms with Crippen molar-refractivity contribution in [1.82, 2.24) is 9.21 Å². The van der Waals surface area contributed by atoms with E-state index in [9.17, 15) is 4.21 Å². The average molecular weight is 429 g/mol. The van der Waals surface area contributed by atoms with Crippen LogP contribution in [0.3, 0.4) is 0 Å². The second-order valence-electron chi connectivity index (χ2n) is 8.40. The van der Waals surface area contributed by atoms with Gasteiger partial charge in [0.1, 0.15) is 11.0 Å². The molecule has 0 amide bonds. The third-order valence-electron chi connectivity index (χ3n) is 6.34. The van der Waals surface area contributed by atoms with Crippen LogP contribution in [0.4, 0.5) is 0 Å². The first-order valence-corrected chi connectivity index (χ1v) is 11.9. The van der Waals surface area contributed by atoms with Gasteiger partial charge in [-0.25, -0.2) is 8.51 Å². The number of nitrogens with zero attached hydrogens (tertiary/aromatic N) is 2. The Bertz CT molecular complexity index is 892. The summed E-state index contributed by atoms with van der Waals surface area (Å²) >= 11 is 0. The molecule has 162 valence electrons. The normalized spacial score (nSPS) is 19.3. The second-order valence-corrected chi connectivity index (χ2v) is 9.88. The van der Waals surface area contributed by atoms with Gasteiger partial charge in [0.2, 0.25) is 0 Å². The predicted octanol–water partition coefficient (Wildman–Crippen LogP) is 3.81. The summed E-state index contributed by atoms with van der Waals surface area (Å²) in [5.41, 5.74) is 3.91. The molecule has 0 aromatic heterocycles. The van der Waals surface area contributed by atoms with Gasteiger partial charge in [-0.1, -0.05) is 17.7 Å². The van der Waals surface area contributed by atoms with Crippen molar-refractivity contribution in [3.05, 3.63) is 53.1 Å². The van der Waals surface area contributed by atoms with E-state index in [0.717, 1.165) is 68.4 Å². The molecule has 5 nitrogen and oxygen atoms in total. The van der Waals surface area contributed by atoms with Gasteiger partial charge in [0.25, 0.3) is 0 Å². The number of hydrogen-bond donors (Lipinski definition) is 0. The van der Waals surface area contributed by atoms with Crippen LogP contribution in [0.15, 0.2) is 41.3 Å². The van der Waals surface area contributed by atoms with Gasteiger partial charge >= 0.3 is 0 Å². The van der Waals surface area contributed by atoms with E-state index in [1.54, 1.807) is 14.2 Å². The minimum absolute atomic E-state index is 0.665. The van der Waals surface area contributed by atoms with Crippen LogP contribution < -0.4 is 9.47 Å². The van der Waals surface area contributed by atoms with Crippen molar-refractivity contribution in [2.45, 2.75) is 37.6 Å². The molecule has 0 saturated carbocycles. The van der Waals surface area contributed by atoms with E-state index in [4.69, 9.17) is 9.47 Å². The third-order valence-corrected chi connectivity index (χ3v) is 7.85. The highest BCUT2D eigenvalue weighted by Gasteiger charge is 2.27. The zero-order valence-corrected chi connectivity index (χ0v) is 19.0. The van der Waals surface area contributed by atoms with Crippen LogP contribution in [0.25, 0.3) is 0 Å². The molecule has 0 bridgehead atoms. The summed E-state index contributed by atoms with van der Waals surface area (Å²) in [4.78, 5) is 3.47. The zero-order valence-electron chi connectivity index (χ0n) is 18.2. The van der Waals surface area contributed by atoms with Crippen molar-refractivity contribution in [2.75, 3.05) is 40.4 Å². The Hall–Kier alpha value is -1.89. The Balaban J connectivity index is 1.31. The van der Waals surface area contributed by atoms with E-state index in [0.29, 0.717) is 5.92 Å². The lowest BCUT2D eigenvalue weighted by Gasteiger charge is -2.36. The molecular formula is C24H32N2O3S. The second kappa shape index (κ2) is 9.50. The van der Waals surface area contributed by atoms with Crippen molar-refractivity contribution in [3.63, 3.8) is 0 Å². The molecule has 2 aliphatic heterocycles. The Morgan fingerprint density at radius 2 is 1.60 bits per heavy atom. The van der Waals surface area contributed by atoms with Crippen molar-refractivity contribution in [2.24, 2.45) is 5.92 Å². The maximum atomic E-state index is 12.9. The third kappa shape index (κ3) is 4.71. The van der Waals surface area contributed by atoms with Crippen LogP contribution in [0.1, 0.15) is 29.5 Å². The van der Waals surface area contributed by atoms with Gasteiger partial charge in [0, 0.05) is 32.7 Å². The first-order valence-electron chi connectivity index (χ1n) is 10.8. The molecule has 2 aromatic carbocycles. The molecule has 2 aliphatic rings. The number of benzene rings is 2. The molecule has 6 heteroatoms. The monoisotopic (exact) mass is 428 g/mol. The molecule has 2 heterocycles. The van der Waals surface area contributed by atoms with Gasteiger partial charge in [0.05, 0.1) is 19.1 Å². The standard InChI is InChI=1S/C24H32N2O3S/c1-18-4-6-22(7-5-18)30(27)26-12-8-19(9-13-26)16-25-11-10-20-14-23(28-2)24(29-3)15-21(20)17-25/h4-7,14-15,19H,8-13,16-17H2,1-3H3. The first kappa shape index (κ1) is 21.3. The lowest BCUT2D eigenvalue weighted by Crippen LogP contribution is -2.41.